The molecule has 0 aliphatic carbocycles. The van der Waals surface area contributed by atoms with Crippen molar-refractivity contribution >= 4 is 43.3 Å². The lowest BCUT2D eigenvalue weighted by Gasteiger charge is -2.09. The van der Waals surface area contributed by atoms with Gasteiger partial charge in [-0.15, -0.1) is 0 Å². The predicted octanol–water partition coefficient (Wildman–Crippen LogP) is 2.21. The van der Waals surface area contributed by atoms with Gasteiger partial charge in [0.2, 0.25) is 16.0 Å². The van der Waals surface area contributed by atoms with Crippen LogP contribution in [0.2, 0.25) is 0 Å². The lowest BCUT2D eigenvalue weighted by Crippen LogP contribution is -2.16. The van der Waals surface area contributed by atoms with Crippen molar-refractivity contribution in [2.45, 2.75) is 11.8 Å². The molecule has 3 aromatic rings. The molecule has 0 fully saturated rings. The first-order valence-electron chi connectivity index (χ1n) is 8.84. The number of carbonyl (C=O) groups is 1. The third kappa shape index (κ3) is 6.23. The molecule has 1 amide bonds. The van der Waals surface area contributed by atoms with Crippen molar-refractivity contribution < 1.29 is 21.6 Å². The van der Waals surface area contributed by atoms with E-state index in [1.165, 1.54) is 54.7 Å². The Morgan fingerprint density at radius 1 is 0.839 bits per heavy atom. The normalized spacial score (nSPS) is 11.5. The van der Waals surface area contributed by atoms with Crippen LogP contribution < -0.4 is 14.8 Å². The van der Waals surface area contributed by atoms with Crippen LogP contribution in [0.1, 0.15) is 16.1 Å². The second-order valence-corrected chi connectivity index (χ2v) is 9.99. The Balaban J connectivity index is 1.68. The molecule has 12 heteroatoms. The Hall–Kier alpha value is -3.51. The summed E-state index contributed by atoms with van der Waals surface area (Å²) in [6.45, 7) is 1.71. The van der Waals surface area contributed by atoms with E-state index >= 15 is 0 Å². The monoisotopic (exact) mass is 461 g/mol. The Morgan fingerprint density at radius 3 is 2.03 bits per heavy atom. The number of benzene rings is 2. The quantitative estimate of drug-likeness (QED) is 0.489. The van der Waals surface area contributed by atoms with Gasteiger partial charge >= 0.3 is 0 Å². The maximum atomic E-state index is 12.5. The fraction of sp³-hybridized carbons (Fsp3) is 0.105. The van der Waals surface area contributed by atoms with Crippen LogP contribution in [0.5, 0.6) is 0 Å². The van der Waals surface area contributed by atoms with Crippen LogP contribution in [0.4, 0.5) is 17.3 Å². The van der Waals surface area contributed by atoms with Gasteiger partial charge in [0.05, 0.1) is 11.2 Å². The van der Waals surface area contributed by atoms with E-state index in [-0.39, 0.29) is 10.8 Å². The van der Waals surface area contributed by atoms with Crippen LogP contribution in [0.15, 0.2) is 65.7 Å². The number of aromatic nitrogens is 2. The van der Waals surface area contributed by atoms with Gasteiger partial charge in [-0.3, -0.25) is 9.52 Å². The third-order valence-corrected chi connectivity index (χ3v) is 5.84. The Morgan fingerprint density at radius 2 is 1.45 bits per heavy atom. The van der Waals surface area contributed by atoms with Crippen LogP contribution in [0.3, 0.4) is 0 Å². The summed E-state index contributed by atoms with van der Waals surface area (Å²) in [5.41, 5.74) is 1.63. The highest BCUT2D eigenvalue weighted by Gasteiger charge is 2.16. The van der Waals surface area contributed by atoms with E-state index in [0.29, 0.717) is 22.6 Å². The Bertz CT molecular complexity index is 1310. The SMILES string of the molecule is Cc1ccnc(NS(=O)(=O)c2ccc(NC(=O)c3ccc(NS(C)(=O)=O)cc3)cc2)n1. The van der Waals surface area contributed by atoms with Gasteiger partial charge in [-0.05, 0) is 61.5 Å². The second kappa shape index (κ2) is 8.70. The molecule has 3 N–H and O–H groups in total. The maximum Gasteiger partial charge on any atom is 0.264 e. The molecule has 10 nitrogen and oxygen atoms in total. The minimum Gasteiger partial charge on any atom is -0.322 e. The molecule has 0 bridgehead atoms. The minimum atomic E-state index is -3.89. The molecule has 0 saturated heterocycles. The van der Waals surface area contributed by atoms with Crippen LogP contribution in [0.25, 0.3) is 0 Å². The van der Waals surface area contributed by atoms with E-state index < -0.39 is 26.0 Å². The van der Waals surface area contributed by atoms with Crippen LogP contribution in [0, 0.1) is 6.92 Å². The molecule has 1 aromatic heterocycles. The van der Waals surface area contributed by atoms with Crippen LogP contribution in [-0.4, -0.2) is 39.0 Å². The summed E-state index contributed by atoms with van der Waals surface area (Å²) in [5, 5.41) is 2.64. The molecule has 3 rings (SSSR count). The van der Waals surface area contributed by atoms with E-state index in [4.69, 9.17) is 0 Å². The lowest BCUT2D eigenvalue weighted by molar-refractivity contribution is 0.102. The van der Waals surface area contributed by atoms with E-state index in [1.807, 2.05) is 0 Å². The number of anilines is 3. The van der Waals surface area contributed by atoms with Crippen molar-refractivity contribution in [2.75, 3.05) is 21.0 Å². The average Bonchev–Trinajstić information content (AvgIpc) is 2.67. The van der Waals surface area contributed by atoms with E-state index in [0.717, 1.165) is 6.26 Å². The van der Waals surface area contributed by atoms with Crippen LogP contribution >= 0.6 is 0 Å². The van der Waals surface area contributed by atoms with Crippen molar-refractivity contribution in [3.05, 3.63) is 72.1 Å². The average molecular weight is 462 g/mol. The molecule has 162 valence electrons. The highest BCUT2D eigenvalue weighted by Crippen LogP contribution is 2.18. The third-order valence-electron chi connectivity index (χ3n) is 3.89. The molecule has 0 unspecified atom stereocenters. The number of sulfonamides is 2. The first-order chi connectivity index (χ1) is 14.5. The van der Waals surface area contributed by atoms with Gasteiger partial charge in [-0.25, -0.2) is 31.5 Å². The van der Waals surface area contributed by atoms with Crippen molar-refractivity contribution in [1.29, 1.82) is 0 Å². The minimum absolute atomic E-state index is 0.0215. The van der Waals surface area contributed by atoms with E-state index in [2.05, 4.69) is 24.7 Å². The molecule has 1 heterocycles. The zero-order valence-corrected chi connectivity index (χ0v) is 18.2. The second-order valence-electron chi connectivity index (χ2n) is 6.56. The number of hydrogen-bond donors (Lipinski definition) is 3. The lowest BCUT2D eigenvalue weighted by atomic mass is 10.2. The largest absolute Gasteiger partial charge is 0.322 e. The fourth-order valence-electron chi connectivity index (χ4n) is 2.50. The number of nitrogens with one attached hydrogen (secondary N) is 3. The highest BCUT2D eigenvalue weighted by atomic mass is 32.2. The zero-order valence-electron chi connectivity index (χ0n) is 16.5. The molecular weight excluding hydrogens is 442 g/mol. The van der Waals surface area contributed by atoms with Crippen molar-refractivity contribution in [1.82, 2.24) is 9.97 Å². The molecular formula is C19H19N5O5S2. The van der Waals surface area contributed by atoms with Gasteiger partial charge in [0.15, 0.2) is 0 Å². The molecule has 0 saturated carbocycles. The van der Waals surface area contributed by atoms with Crippen molar-refractivity contribution in [3.8, 4) is 0 Å². The zero-order chi connectivity index (χ0) is 22.6. The van der Waals surface area contributed by atoms with Gasteiger partial charge in [-0.1, -0.05) is 0 Å². The summed E-state index contributed by atoms with van der Waals surface area (Å²) >= 11 is 0. The van der Waals surface area contributed by atoms with Crippen molar-refractivity contribution in [2.24, 2.45) is 0 Å². The highest BCUT2D eigenvalue weighted by molar-refractivity contribution is 7.92. The molecule has 0 aliphatic heterocycles. The van der Waals surface area contributed by atoms with Crippen molar-refractivity contribution in [3.63, 3.8) is 0 Å². The maximum absolute atomic E-state index is 12.5. The molecule has 2 aromatic carbocycles. The van der Waals surface area contributed by atoms with Gasteiger partial charge in [0.25, 0.3) is 15.9 Å². The number of hydrogen-bond acceptors (Lipinski definition) is 7. The first-order valence-corrected chi connectivity index (χ1v) is 12.2. The van der Waals surface area contributed by atoms with Gasteiger partial charge < -0.3 is 5.32 Å². The Labute approximate surface area is 179 Å². The predicted molar refractivity (Wildman–Crippen MR) is 117 cm³/mol. The molecule has 0 spiro atoms. The Kier molecular flexibility index (Phi) is 6.22. The standard InChI is InChI=1S/C19H19N5O5S2/c1-13-11-12-20-19(21-13)24-31(28,29)17-9-7-15(8-10-17)22-18(25)14-3-5-16(6-4-14)23-30(2,26)27/h3-12,23H,1-2H3,(H,22,25)(H,20,21,24). The summed E-state index contributed by atoms with van der Waals surface area (Å²) in [5.74, 6) is -0.473. The number of amides is 1. The summed E-state index contributed by atoms with van der Waals surface area (Å²) in [6, 6.07) is 13.1. The number of rotatable bonds is 7. The topological polar surface area (TPSA) is 147 Å². The fourth-order valence-corrected chi connectivity index (χ4v) is 4.02. The molecule has 0 radical (unpaired) electrons. The number of aryl methyl sites for hydroxylation is 1. The summed E-state index contributed by atoms with van der Waals surface area (Å²) in [6.07, 6.45) is 2.48. The number of nitrogens with zero attached hydrogens (tertiary/aromatic N) is 2. The van der Waals surface area contributed by atoms with Gasteiger partial charge in [0, 0.05) is 28.8 Å². The van der Waals surface area contributed by atoms with E-state index in [1.54, 1.807) is 13.0 Å². The molecule has 31 heavy (non-hydrogen) atoms. The summed E-state index contributed by atoms with van der Waals surface area (Å²) in [7, 11) is -7.30. The summed E-state index contributed by atoms with van der Waals surface area (Å²) < 4.78 is 52.0. The van der Waals surface area contributed by atoms with E-state index in [9.17, 15) is 21.6 Å². The molecule has 0 atom stereocenters. The van der Waals surface area contributed by atoms with Gasteiger partial charge in [-0.2, -0.15) is 0 Å². The smallest absolute Gasteiger partial charge is 0.264 e. The molecule has 0 aliphatic rings. The van der Waals surface area contributed by atoms with Gasteiger partial charge in [0.1, 0.15) is 0 Å². The first kappa shape index (κ1) is 22.2. The number of carbonyl (C=O) groups excluding carboxylic acids is 1. The van der Waals surface area contributed by atoms with Crippen LogP contribution in [-0.2, 0) is 20.0 Å². The summed E-state index contributed by atoms with van der Waals surface area (Å²) in [4.78, 5) is 20.2.